The number of nitrogens with one attached hydrogen (secondary N) is 2. The van der Waals surface area contributed by atoms with E-state index in [2.05, 4.69) is 10.6 Å². The fourth-order valence-corrected chi connectivity index (χ4v) is 2.91. The first-order chi connectivity index (χ1) is 13.8. The highest BCUT2D eigenvalue weighted by molar-refractivity contribution is 6.05. The highest BCUT2D eigenvalue weighted by Crippen LogP contribution is 2.37. The molecule has 0 unspecified atom stereocenters. The zero-order valence-corrected chi connectivity index (χ0v) is 16.6. The second-order valence-corrected chi connectivity index (χ2v) is 6.94. The largest absolute Gasteiger partial charge is 0.454 e. The van der Waals surface area contributed by atoms with Crippen molar-refractivity contribution >= 4 is 29.0 Å². The summed E-state index contributed by atoms with van der Waals surface area (Å²) in [6.07, 6.45) is 0. The smallest absolute Gasteiger partial charge is 0.238 e. The molecule has 0 radical (unpaired) electrons. The minimum atomic E-state index is -0.350. The molecule has 1 aliphatic heterocycles. The number of anilines is 2. The third-order valence-electron chi connectivity index (χ3n) is 4.33. The van der Waals surface area contributed by atoms with E-state index < -0.39 is 0 Å². The molecule has 2 aromatic rings. The fraction of sp³-hybridized carbons (Fsp3) is 0.286. The first kappa shape index (κ1) is 20.3. The summed E-state index contributed by atoms with van der Waals surface area (Å²) in [5.74, 6) is 0.160. The summed E-state index contributed by atoms with van der Waals surface area (Å²) in [5.41, 5.74) is 2.49. The van der Waals surface area contributed by atoms with E-state index >= 15 is 0 Å². The first-order valence-electron chi connectivity index (χ1n) is 9.11. The van der Waals surface area contributed by atoms with E-state index in [0.717, 1.165) is 5.56 Å². The Morgan fingerprint density at radius 1 is 0.966 bits per heavy atom. The van der Waals surface area contributed by atoms with Crippen molar-refractivity contribution in [3.8, 4) is 11.5 Å². The number of nitrogens with zero attached hydrogens (tertiary/aromatic N) is 1. The lowest BCUT2D eigenvalue weighted by molar-refractivity contribution is -0.119. The highest BCUT2D eigenvalue weighted by atomic mass is 16.7. The lowest BCUT2D eigenvalue weighted by Crippen LogP contribution is -2.36. The fourth-order valence-electron chi connectivity index (χ4n) is 2.91. The number of carbonyl (C=O) groups is 3. The Morgan fingerprint density at radius 3 is 2.17 bits per heavy atom. The highest BCUT2D eigenvalue weighted by Gasteiger charge is 2.21. The van der Waals surface area contributed by atoms with Crippen molar-refractivity contribution in [1.82, 2.24) is 4.90 Å². The lowest BCUT2D eigenvalue weighted by atomic mass is 10.1. The normalized spacial score (nSPS) is 12.0. The number of fused-ring (bicyclic) bond motifs is 1. The van der Waals surface area contributed by atoms with Gasteiger partial charge in [0.05, 0.1) is 18.8 Å². The zero-order chi connectivity index (χ0) is 21.0. The third kappa shape index (κ3) is 5.32. The number of amides is 2. The van der Waals surface area contributed by atoms with Crippen LogP contribution in [-0.2, 0) is 9.59 Å². The van der Waals surface area contributed by atoms with E-state index in [1.807, 2.05) is 31.2 Å². The van der Waals surface area contributed by atoms with Crippen molar-refractivity contribution in [2.75, 3.05) is 37.6 Å². The zero-order valence-electron chi connectivity index (χ0n) is 16.6. The van der Waals surface area contributed by atoms with Crippen molar-refractivity contribution in [3.05, 3.63) is 47.5 Å². The van der Waals surface area contributed by atoms with E-state index in [0.29, 0.717) is 28.4 Å². The monoisotopic (exact) mass is 397 g/mol. The number of hydrogen-bond acceptors (Lipinski definition) is 6. The van der Waals surface area contributed by atoms with Crippen LogP contribution in [0.1, 0.15) is 22.8 Å². The minimum absolute atomic E-state index is 0.0207. The molecule has 8 nitrogen and oxygen atoms in total. The van der Waals surface area contributed by atoms with E-state index in [9.17, 15) is 14.4 Å². The molecule has 0 fully saturated rings. The molecule has 0 aliphatic carbocycles. The van der Waals surface area contributed by atoms with Crippen LogP contribution in [0.15, 0.2) is 36.4 Å². The van der Waals surface area contributed by atoms with Crippen LogP contribution in [-0.4, -0.2) is 49.4 Å². The molecular weight excluding hydrogens is 374 g/mol. The average molecular weight is 397 g/mol. The quantitative estimate of drug-likeness (QED) is 0.697. The Hall–Kier alpha value is -3.39. The van der Waals surface area contributed by atoms with E-state index in [-0.39, 0.29) is 37.5 Å². The van der Waals surface area contributed by atoms with Crippen LogP contribution < -0.4 is 20.1 Å². The molecule has 0 aromatic heterocycles. The van der Waals surface area contributed by atoms with Gasteiger partial charge < -0.3 is 20.1 Å². The summed E-state index contributed by atoms with van der Waals surface area (Å²) in [4.78, 5) is 38.0. The van der Waals surface area contributed by atoms with Crippen LogP contribution in [0.4, 0.5) is 11.4 Å². The maximum atomic E-state index is 12.4. The Morgan fingerprint density at radius 2 is 1.55 bits per heavy atom. The molecule has 3 rings (SSSR count). The Balaban J connectivity index is 1.57. The van der Waals surface area contributed by atoms with Gasteiger partial charge in [-0.25, -0.2) is 0 Å². The number of ether oxygens (including phenoxy) is 2. The number of carbonyl (C=O) groups excluding carboxylic acids is 3. The number of aryl methyl sites for hydroxylation is 1. The molecule has 29 heavy (non-hydrogen) atoms. The number of Topliss-reactive ketones (excluding diaryl/α,β-unsaturated/α-hetero) is 1. The van der Waals surface area contributed by atoms with Gasteiger partial charge in [-0.3, -0.25) is 19.3 Å². The predicted molar refractivity (Wildman–Crippen MR) is 109 cm³/mol. The van der Waals surface area contributed by atoms with Gasteiger partial charge in [0.15, 0.2) is 17.3 Å². The van der Waals surface area contributed by atoms with Crippen molar-refractivity contribution in [1.29, 1.82) is 0 Å². The van der Waals surface area contributed by atoms with Crippen LogP contribution in [0.5, 0.6) is 11.5 Å². The Kier molecular flexibility index (Phi) is 6.13. The number of likely N-dealkylation sites (N-methyl/N-ethyl adjacent to an activating group) is 1. The van der Waals surface area contributed by atoms with Gasteiger partial charge in [-0.05, 0) is 39.1 Å². The molecule has 1 aliphatic rings. The van der Waals surface area contributed by atoms with Gasteiger partial charge in [0.1, 0.15) is 0 Å². The summed E-state index contributed by atoms with van der Waals surface area (Å²) in [6, 6.07) is 10.6. The Bertz CT molecular complexity index is 940. The number of rotatable bonds is 7. The predicted octanol–water partition coefficient (Wildman–Crippen LogP) is 2.44. The summed E-state index contributed by atoms with van der Waals surface area (Å²) in [6.45, 7) is 3.47. The number of benzene rings is 2. The van der Waals surface area contributed by atoms with Gasteiger partial charge in [-0.15, -0.1) is 0 Å². The molecular formula is C21H23N3O5. The summed E-state index contributed by atoms with van der Waals surface area (Å²) >= 11 is 0. The number of hydrogen-bond donors (Lipinski definition) is 2. The van der Waals surface area contributed by atoms with Crippen molar-refractivity contribution in [2.24, 2.45) is 0 Å². The molecule has 8 heteroatoms. The third-order valence-corrected chi connectivity index (χ3v) is 4.33. The molecule has 0 saturated heterocycles. The van der Waals surface area contributed by atoms with Crippen molar-refractivity contribution in [3.63, 3.8) is 0 Å². The van der Waals surface area contributed by atoms with E-state index in [1.54, 1.807) is 24.1 Å². The van der Waals surface area contributed by atoms with E-state index in [4.69, 9.17) is 9.47 Å². The number of ketones is 1. The first-order valence-corrected chi connectivity index (χ1v) is 9.11. The topological polar surface area (TPSA) is 97.0 Å². The SMILES string of the molecule is CC(=O)c1cc2c(cc1NC(=O)CN(C)CC(=O)Nc1ccc(C)cc1)OCO2. The molecule has 0 atom stereocenters. The molecule has 0 saturated carbocycles. The van der Waals surface area contributed by atoms with Crippen LogP contribution in [0.3, 0.4) is 0 Å². The molecule has 2 N–H and O–H groups in total. The summed E-state index contributed by atoms with van der Waals surface area (Å²) in [7, 11) is 1.67. The van der Waals surface area contributed by atoms with Gasteiger partial charge in [-0.1, -0.05) is 17.7 Å². The second kappa shape index (κ2) is 8.74. The van der Waals surface area contributed by atoms with Crippen molar-refractivity contribution < 1.29 is 23.9 Å². The van der Waals surface area contributed by atoms with Crippen LogP contribution in [0.2, 0.25) is 0 Å². The van der Waals surface area contributed by atoms with E-state index in [1.165, 1.54) is 6.92 Å². The molecule has 2 amide bonds. The maximum Gasteiger partial charge on any atom is 0.238 e. The van der Waals surface area contributed by atoms with Crippen molar-refractivity contribution in [2.45, 2.75) is 13.8 Å². The summed E-state index contributed by atoms with van der Waals surface area (Å²) in [5, 5.41) is 5.50. The molecule has 152 valence electrons. The molecule has 0 bridgehead atoms. The van der Waals surface area contributed by atoms with Gasteiger partial charge in [0.2, 0.25) is 18.6 Å². The van der Waals surface area contributed by atoms with Crippen LogP contribution in [0.25, 0.3) is 0 Å². The summed E-state index contributed by atoms with van der Waals surface area (Å²) < 4.78 is 10.6. The van der Waals surface area contributed by atoms with Gasteiger partial charge in [0, 0.05) is 17.3 Å². The van der Waals surface area contributed by atoms with Crippen LogP contribution in [0, 0.1) is 6.92 Å². The Labute approximate surface area is 168 Å². The maximum absolute atomic E-state index is 12.4. The molecule has 0 spiro atoms. The minimum Gasteiger partial charge on any atom is -0.454 e. The van der Waals surface area contributed by atoms with Gasteiger partial charge in [0.25, 0.3) is 0 Å². The lowest BCUT2D eigenvalue weighted by Gasteiger charge is -2.17. The van der Waals surface area contributed by atoms with Gasteiger partial charge in [-0.2, -0.15) is 0 Å². The second-order valence-electron chi connectivity index (χ2n) is 6.94. The average Bonchev–Trinajstić information content (AvgIpc) is 3.09. The molecule has 2 aromatic carbocycles. The molecule has 1 heterocycles. The standard InChI is InChI=1S/C21H23N3O5/c1-13-4-6-15(7-5-13)22-20(26)10-24(3)11-21(27)23-17-9-19-18(28-12-29-19)8-16(17)14(2)25/h4-9H,10-12H2,1-3H3,(H,22,26)(H,23,27). The van der Waals surface area contributed by atoms with Crippen LogP contribution >= 0.6 is 0 Å². The van der Waals surface area contributed by atoms with Gasteiger partial charge >= 0.3 is 0 Å².